The van der Waals surface area contributed by atoms with Gasteiger partial charge in [-0.25, -0.2) is 0 Å². The highest BCUT2D eigenvalue weighted by Crippen LogP contribution is 2.64. The number of hydrogen-bond acceptors (Lipinski definition) is 4. The lowest BCUT2D eigenvalue weighted by atomic mass is 9.92. The van der Waals surface area contributed by atoms with Gasteiger partial charge in [0.15, 0.2) is 0 Å². The molecule has 3 nitrogen and oxygen atoms in total. The molecular formula is C19H20N2OS. The minimum absolute atomic E-state index is 0.135. The molecule has 0 aromatic heterocycles. The molecule has 2 aliphatic rings. The molecular weight excluding hydrogens is 304 g/mol. The zero-order chi connectivity index (χ0) is 16.4. The summed E-state index contributed by atoms with van der Waals surface area (Å²) in [5.41, 5.74) is 15.5. The van der Waals surface area contributed by atoms with Gasteiger partial charge in [0.05, 0.1) is 4.75 Å². The molecule has 118 valence electrons. The topological polar surface area (TPSA) is 72.3 Å². The minimum Gasteiger partial charge on any atom is -0.508 e. The van der Waals surface area contributed by atoms with E-state index in [9.17, 15) is 0 Å². The van der Waals surface area contributed by atoms with Crippen molar-refractivity contribution in [2.24, 2.45) is 5.73 Å². The normalized spacial score (nSPS) is 24.0. The first-order chi connectivity index (χ1) is 11.0. The molecule has 1 heterocycles. The second-order valence-corrected chi connectivity index (χ2v) is 7.21. The molecule has 2 aromatic rings. The van der Waals surface area contributed by atoms with Gasteiger partial charge in [0.25, 0.3) is 0 Å². The number of thioether (sulfide) groups is 1. The Labute approximate surface area is 140 Å². The van der Waals surface area contributed by atoms with Gasteiger partial charge in [-0.3, -0.25) is 0 Å². The van der Waals surface area contributed by atoms with Crippen molar-refractivity contribution in [1.82, 2.24) is 0 Å². The Hall–Kier alpha value is -2.33. The number of benzene rings is 2. The van der Waals surface area contributed by atoms with Gasteiger partial charge in [0.2, 0.25) is 0 Å². The number of nitrogens with two attached hydrogens (primary N) is 2. The molecule has 0 bridgehead atoms. The van der Waals surface area contributed by atoms with Crippen LogP contribution in [0, 0.1) is 6.92 Å². The van der Waals surface area contributed by atoms with Crippen LogP contribution in [0.5, 0.6) is 5.75 Å². The van der Waals surface area contributed by atoms with Crippen molar-refractivity contribution in [1.29, 1.82) is 0 Å². The SMILES string of the molecule is Cc1cccc(O)c1.NC1=CC2SC2(c2ccc(N)cc2)C=C1. The third kappa shape index (κ3) is 3.37. The zero-order valence-electron chi connectivity index (χ0n) is 12.9. The van der Waals surface area contributed by atoms with E-state index >= 15 is 0 Å². The van der Waals surface area contributed by atoms with E-state index in [4.69, 9.17) is 16.6 Å². The summed E-state index contributed by atoms with van der Waals surface area (Å²) in [7, 11) is 0. The number of phenols is 1. The third-order valence-corrected chi connectivity index (χ3v) is 5.44. The summed E-state index contributed by atoms with van der Waals surface area (Å²) < 4.78 is 0.135. The number of hydrogen-bond donors (Lipinski definition) is 3. The van der Waals surface area contributed by atoms with Gasteiger partial charge in [-0.15, -0.1) is 11.8 Å². The van der Waals surface area contributed by atoms with Gasteiger partial charge in [0, 0.05) is 16.6 Å². The van der Waals surface area contributed by atoms with Crippen molar-refractivity contribution in [3.05, 3.63) is 83.6 Å². The summed E-state index contributed by atoms with van der Waals surface area (Å²) in [5, 5.41) is 9.32. The van der Waals surface area contributed by atoms with Crippen LogP contribution in [0.2, 0.25) is 0 Å². The van der Waals surface area contributed by atoms with E-state index in [-0.39, 0.29) is 4.75 Å². The maximum atomic E-state index is 8.81. The lowest BCUT2D eigenvalue weighted by molar-refractivity contribution is 0.475. The Morgan fingerprint density at radius 2 is 1.83 bits per heavy atom. The van der Waals surface area contributed by atoms with E-state index in [1.807, 2.05) is 49.0 Å². The molecule has 4 rings (SSSR count). The molecule has 5 N–H and O–H groups in total. The zero-order valence-corrected chi connectivity index (χ0v) is 13.8. The summed E-state index contributed by atoms with van der Waals surface area (Å²) in [6.45, 7) is 1.94. The number of fused-ring (bicyclic) bond motifs is 1. The summed E-state index contributed by atoms with van der Waals surface area (Å²) in [6, 6.07) is 15.3. The molecule has 1 aliphatic heterocycles. The van der Waals surface area contributed by atoms with Crippen LogP contribution in [0.15, 0.2) is 72.5 Å². The predicted molar refractivity (Wildman–Crippen MR) is 98.2 cm³/mol. The fraction of sp³-hybridized carbons (Fsp3) is 0.158. The third-order valence-electron chi connectivity index (χ3n) is 3.92. The van der Waals surface area contributed by atoms with Gasteiger partial charge < -0.3 is 16.6 Å². The molecule has 23 heavy (non-hydrogen) atoms. The Bertz CT molecular complexity index is 750. The van der Waals surface area contributed by atoms with Crippen LogP contribution in [-0.4, -0.2) is 10.4 Å². The Morgan fingerprint density at radius 1 is 1.09 bits per heavy atom. The summed E-state index contributed by atoms with van der Waals surface area (Å²) in [5.74, 6) is 0.338. The van der Waals surface area contributed by atoms with Crippen molar-refractivity contribution in [3.8, 4) is 5.75 Å². The van der Waals surface area contributed by atoms with Crippen LogP contribution in [0.25, 0.3) is 0 Å². The van der Waals surface area contributed by atoms with E-state index in [2.05, 4.69) is 24.3 Å². The Balaban J connectivity index is 0.000000166. The van der Waals surface area contributed by atoms with Crippen molar-refractivity contribution in [2.45, 2.75) is 16.9 Å². The lowest BCUT2D eigenvalue weighted by Gasteiger charge is -2.13. The predicted octanol–water partition coefficient (Wildman–Crippen LogP) is 3.69. The number of allylic oxidation sites excluding steroid dienone is 1. The monoisotopic (exact) mass is 324 g/mol. The maximum absolute atomic E-state index is 8.81. The average molecular weight is 324 g/mol. The van der Waals surface area contributed by atoms with Crippen molar-refractivity contribution in [3.63, 3.8) is 0 Å². The van der Waals surface area contributed by atoms with E-state index in [0.717, 1.165) is 16.9 Å². The van der Waals surface area contributed by atoms with Gasteiger partial charge in [-0.05, 0) is 54.5 Å². The molecule has 2 atom stereocenters. The van der Waals surface area contributed by atoms with Crippen LogP contribution < -0.4 is 11.5 Å². The molecule has 2 aromatic carbocycles. The largest absolute Gasteiger partial charge is 0.508 e. The number of phenolic OH excluding ortho intramolecular Hbond substituents is 1. The van der Waals surface area contributed by atoms with Crippen LogP contribution >= 0.6 is 11.8 Å². The average Bonchev–Trinajstić information content (AvgIpc) is 3.23. The van der Waals surface area contributed by atoms with Crippen LogP contribution in [0.1, 0.15) is 11.1 Å². The van der Waals surface area contributed by atoms with Crippen molar-refractivity contribution >= 4 is 17.4 Å². The summed E-state index contributed by atoms with van der Waals surface area (Å²) >= 11 is 1.93. The highest BCUT2D eigenvalue weighted by Gasteiger charge is 2.54. The molecule has 0 radical (unpaired) electrons. The molecule has 4 heteroatoms. The number of nitrogen functional groups attached to an aromatic ring is 1. The van der Waals surface area contributed by atoms with Gasteiger partial charge >= 0.3 is 0 Å². The molecule has 0 spiro atoms. The van der Waals surface area contributed by atoms with Crippen LogP contribution in [-0.2, 0) is 4.75 Å². The summed E-state index contributed by atoms with van der Waals surface area (Å²) in [6.07, 6.45) is 6.32. The summed E-state index contributed by atoms with van der Waals surface area (Å²) in [4.78, 5) is 0. The number of aromatic hydroxyl groups is 1. The lowest BCUT2D eigenvalue weighted by Crippen LogP contribution is -2.13. The van der Waals surface area contributed by atoms with Gasteiger partial charge in [-0.2, -0.15) is 0 Å². The first-order valence-corrected chi connectivity index (χ1v) is 8.33. The highest BCUT2D eigenvalue weighted by atomic mass is 32.2. The fourth-order valence-corrected chi connectivity index (χ4v) is 3.90. The number of anilines is 1. The minimum atomic E-state index is 0.135. The molecule has 2 unspecified atom stereocenters. The Kier molecular flexibility index (Phi) is 4.09. The first-order valence-electron chi connectivity index (χ1n) is 7.45. The van der Waals surface area contributed by atoms with E-state index in [1.54, 1.807) is 12.1 Å². The number of rotatable bonds is 1. The van der Waals surface area contributed by atoms with Crippen LogP contribution in [0.3, 0.4) is 0 Å². The van der Waals surface area contributed by atoms with Gasteiger partial charge in [-0.1, -0.05) is 30.3 Å². The number of aryl methyl sites for hydroxylation is 1. The molecule has 0 amide bonds. The smallest absolute Gasteiger partial charge is 0.115 e. The van der Waals surface area contributed by atoms with Crippen LogP contribution in [0.4, 0.5) is 5.69 Å². The molecule has 1 aliphatic carbocycles. The standard InChI is InChI=1S/C12H12N2S.C7H8O/c13-9-3-1-8(2-4-9)12-6-5-10(14)7-11(12)15-12;1-6-3-2-4-7(8)5-6/h1-7,11H,13-14H2;2-5,8H,1H3. The van der Waals surface area contributed by atoms with Crippen molar-refractivity contribution < 1.29 is 5.11 Å². The van der Waals surface area contributed by atoms with E-state index in [0.29, 0.717) is 11.0 Å². The fourth-order valence-electron chi connectivity index (χ4n) is 2.62. The van der Waals surface area contributed by atoms with Gasteiger partial charge in [0.1, 0.15) is 5.75 Å². The quantitative estimate of drug-likeness (QED) is 0.552. The second-order valence-electron chi connectivity index (χ2n) is 5.79. The molecule has 1 saturated heterocycles. The van der Waals surface area contributed by atoms with E-state index < -0.39 is 0 Å². The van der Waals surface area contributed by atoms with E-state index in [1.165, 1.54) is 5.56 Å². The molecule has 0 saturated carbocycles. The first kappa shape index (κ1) is 15.6. The molecule has 1 fully saturated rings. The Morgan fingerprint density at radius 3 is 2.39 bits per heavy atom. The maximum Gasteiger partial charge on any atom is 0.115 e. The van der Waals surface area contributed by atoms with Crippen molar-refractivity contribution in [2.75, 3.05) is 5.73 Å². The highest BCUT2D eigenvalue weighted by molar-refractivity contribution is 8.08. The second kappa shape index (κ2) is 6.05.